The number of aromatic nitrogens is 3. The SMILES string of the molecule is CCN(CC)Cc1ccccc1CNC(=O)c1cc(-c2ccco2)nc2c1c(C)nn2C. The fourth-order valence-electron chi connectivity index (χ4n) is 4.02. The maximum atomic E-state index is 13.3. The summed E-state index contributed by atoms with van der Waals surface area (Å²) < 4.78 is 7.23. The van der Waals surface area contributed by atoms with Crippen LogP contribution in [0.1, 0.15) is 41.0 Å². The van der Waals surface area contributed by atoms with Gasteiger partial charge in [-0.1, -0.05) is 38.1 Å². The molecule has 4 aromatic rings. The Morgan fingerprint density at radius 3 is 2.56 bits per heavy atom. The second kappa shape index (κ2) is 9.36. The third kappa shape index (κ3) is 4.29. The lowest BCUT2D eigenvalue weighted by atomic mass is 10.1. The topological polar surface area (TPSA) is 76.2 Å². The van der Waals surface area contributed by atoms with Gasteiger partial charge in [0.2, 0.25) is 0 Å². The van der Waals surface area contributed by atoms with Crippen molar-refractivity contribution in [3.05, 3.63) is 71.1 Å². The third-order valence-corrected chi connectivity index (χ3v) is 5.83. The quantitative estimate of drug-likeness (QED) is 0.450. The minimum absolute atomic E-state index is 0.154. The van der Waals surface area contributed by atoms with E-state index in [4.69, 9.17) is 4.42 Å². The van der Waals surface area contributed by atoms with Crippen LogP contribution >= 0.6 is 0 Å². The molecule has 0 aliphatic rings. The molecule has 0 unspecified atom stereocenters. The van der Waals surface area contributed by atoms with E-state index in [-0.39, 0.29) is 5.91 Å². The van der Waals surface area contributed by atoms with Gasteiger partial charge in [-0.3, -0.25) is 14.4 Å². The molecule has 1 N–H and O–H groups in total. The first-order chi connectivity index (χ1) is 15.5. The number of carbonyl (C=O) groups excluding carboxylic acids is 1. The lowest BCUT2D eigenvalue weighted by Gasteiger charge is -2.20. The number of benzene rings is 1. The number of fused-ring (bicyclic) bond motifs is 1. The number of rotatable bonds is 8. The molecule has 0 atom stereocenters. The Kier molecular flexibility index (Phi) is 6.37. The Morgan fingerprint density at radius 2 is 1.88 bits per heavy atom. The van der Waals surface area contributed by atoms with E-state index in [1.54, 1.807) is 17.0 Å². The zero-order valence-corrected chi connectivity index (χ0v) is 19.1. The Balaban J connectivity index is 1.64. The molecule has 166 valence electrons. The number of hydrogen-bond acceptors (Lipinski definition) is 5. The van der Waals surface area contributed by atoms with Gasteiger partial charge in [0, 0.05) is 20.1 Å². The predicted octanol–water partition coefficient (Wildman–Crippen LogP) is 4.31. The van der Waals surface area contributed by atoms with Gasteiger partial charge in [0.05, 0.1) is 22.9 Å². The van der Waals surface area contributed by atoms with Crippen molar-refractivity contribution in [3.8, 4) is 11.5 Å². The molecule has 3 heterocycles. The summed E-state index contributed by atoms with van der Waals surface area (Å²) in [6.45, 7) is 9.51. The van der Waals surface area contributed by atoms with Gasteiger partial charge in [0.25, 0.3) is 5.91 Å². The van der Waals surface area contributed by atoms with E-state index >= 15 is 0 Å². The van der Waals surface area contributed by atoms with Crippen molar-refractivity contribution in [2.45, 2.75) is 33.9 Å². The van der Waals surface area contributed by atoms with Crippen LogP contribution in [-0.2, 0) is 20.1 Å². The smallest absolute Gasteiger partial charge is 0.252 e. The molecule has 4 rings (SSSR count). The molecule has 0 fully saturated rings. The van der Waals surface area contributed by atoms with Gasteiger partial charge in [-0.05, 0) is 49.3 Å². The highest BCUT2D eigenvalue weighted by Crippen LogP contribution is 2.27. The maximum Gasteiger partial charge on any atom is 0.252 e. The fraction of sp³-hybridized carbons (Fsp3) is 0.320. The average molecular weight is 432 g/mol. The van der Waals surface area contributed by atoms with Crippen LogP contribution in [-0.4, -0.2) is 38.7 Å². The minimum Gasteiger partial charge on any atom is -0.463 e. The van der Waals surface area contributed by atoms with Gasteiger partial charge < -0.3 is 9.73 Å². The van der Waals surface area contributed by atoms with Gasteiger partial charge in [0.15, 0.2) is 11.4 Å². The van der Waals surface area contributed by atoms with Crippen molar-refractivity contribution in [1.29, 1.82) is 0 Å². The molecule has 0 radical (unpaired) electrons. The minimum atomic E-state index is -0.154. The number of hydrogen-bond donors (Lipinski definition) is 1. The Labute approximate surface area is 188 Å². The molecule has 3 aromatic heterocycles. The van der Waals surface area contributed by atoms with E-state index in [1.807, 2.05) is 38.2 Å². The van der Waals surface area contributed by atoms with E-state index in [2.05, 4.69) is 46.3 Å². The highest BCUT2D eigenvalue weighted by Gasteiger charge is 2.20. The molecule has 7 nitrogen and oxygen atoms in total. The first-order valence-electron chi connectivity index (χ1n) is 11.0. The number of pyridine rings is 1. The lowest BCUT2D eigenvalue weighted by molar-refractivity contribution is 0.0952. The summed E-state index contributed by atoms with van der Waals surface area (Å²) >= 11 is 0. The van der Waals surface area contributed by atoms with Crippen LogP contribution in [0.5, 0.6) is 0 Å². The number of aryl methyl sites for hydroxylation is 2. The largest absolute Gasteiger partial charge is 0.463 e. The van der Waals surface area contributed by atoms with Crippen LogP contribution in [0.2, 0.25) is 0 Å². The number of carbonyl (C=O) groups is 1. The molecule has 0 aliphatic heterocycles. The second-order valence-electron chi connectivity index (χ2n) is 7.85. The normalized spacial score (nSPS) is 11.4. The zero-order valence-electron chi connectivity index (χ0n) is 19.1. The highest BCUT2D eigenvalue weighted by molar-refractivity contribution is 6.07. The molecule has 7 heteroatoms. The van der Waals surface area contributed by atoms with E-state index in [9.17, 15) is 4.79 Å². The van der Waals surface area contributed by atoms with Gasteiger partial charge in [-0.25, -0.2) is 4.98 Å². The summed E-state index contributed by atoms with van der Waals surface area (Å²) in [5, 5.41) is 8.35. The summed E-state index contributed by atoms with van der Waals surface area (Å²) in [6.07, 6.45) is 1.60. The first kappa shape index (κ1) is 21.8. The van der Waals surface area contributed by atoms with Crippen LogP contribution in [0.15, 0.2) is 53.1 Å². The standard InChI is InChI=1S/C25H29N5O2/c1-5-30(6-2)16-19-11-8-7-10-18(19)15-26-25(31)20-14-21(22-12-9-13-32-22)27-24-23(20)17(3)28-29(24)4/h7-14H,5-6,15-16H2,1-4H3,(H,26,31). The molecular formula is C25H29N5O2. The number of nitrogens with zero attached hydrogens (tertiary/aromatic N) is 4. The molecule has 0 saturated heterocycles. The molecule has 32 heavy (non-hydrogen) atoms. The molecule has 0 aliphatic carbocycles. The Bertz CT molecular complexity index is 1220. The molecule has 0 spiro atoms. The molecule has 1 amide bonds. The van der Waals surface area contributed by atoms with Crippen molar-refractivity contribution in [1.82, 2.24) is 25.0 Å². The van der Waals surface area contributed by atoms with Crippen molar-refractivity contribution in [3.63, 3.8) is 0 Å². The van der Waals surface area contributed by atoms with Crippen LogP contribution in [0.3, 0.4) is 0 Å². The molecule has 0 bridgehead atoms. The van der Waals surface area contributed by atoms with Crippen molar-refractivity contribution in [2.24, 2.45) is 7.05 Å². The van der Waals surface area contributed by atoms with Crippen LogP contribution in [0, 0.1) is 6.92 Å². The predicted molar refractivity (Wildman–Crippen MR) is 125 cm³/mol. The summed E-state index contributed by atoms with van der Waals surface area (Å²) in [5.74, 6) is 0.461. The summed E-state index contributed by atoms with van der Waals surface area (Å²) in [5.41, 5.74) is 4.93. The second-order valence-corrected chi connectivity index (χ2v) is 7.85. The van der Waals surface area contributed by atoms with Crippen molar-refractivity contribution >= 4 is 16.9 Å². The first-order valence-corrected chi connectivity index (χ1v) is 11.0. The lowest BCUT2D eigenvalue weighted by Crippen LogP contribution is -2.26. The van der Waals surface area contributed by atoms with E-state index in [0.29, 0.717) is 29.2 Å². The van der Waals surface area contributed by atoms with E-state index < -0.39 is 0 Å². The number of nitrogens with one attached hydrogen (secondary N) is 1. The van der Waals surface area contributed by atoms with Gasteiger partial charge >= 0.3 is 0 Å². The van der Waals surface area contributed by atoms with E-state index in [0.717, 1.165) is 36.3 Å². The van der Waals surface area contributed by atoms with Crippen LogP contribution in [0.4, 0.5) is 0 Å². The molecule has 0 saturated carbocycles. The fourth-order valence-corrected chi connectivity index (χ4v) is 4.02. The van der Waals surface area contributed by atoms with Gasteiger partial charge in [-0.2, -0.15) is 5.10 Å². The monoisotopic (exact) mass is 431 g/mol. The summed E-state index contributed by atoms with van der Waals surface area (Å²) in [4.78, 5) is 20.4. The third-order valence-electron chi connectivity index (χ3n) is 5.83. The summed E-state index contributed by atoms with van der Waals surface area (Å²) in [6, 6.07) is 13.7. The number of furan rings is 1. The maximum absolute atomic E-state index is 13.3. The molecular weight excluding hydrogens is 402 g/mol. The van der Waals surface area contributed by atoms with Crippen molar-refractivity contribution in [2.75, 3.05) is 13.1 Å². The van der Waals surface area contributed by atoms with Crippen LogP contribution < -0.4 is 5.32 Å². The van der Waals surface area contributed by atoms with Crippen LogP contribution in [0.25, 0.3) is 22.5 Å². The van der Waals surface area contributed by atoms with Crippen molar-refractivity contribution < 1.29 is 9.21 Å². The zero-order chi connectivity index (χ0) is 22.7. The van der Waals surface area contributed by atoms with Gasteiger partial charge in [-0.15, -0.1) is 0 Å². The van der Waals surface area contributed by atoms with E-state index in [1.165, 1.54) is 5.56 Å². The number of amides is 1. The Morgan fingerprint density at radius 1 is 1.12 bits per heavy atom. The average Bonchev–Trinajstić information content (AvgIpc) is 3.44. The van der Waals surface area contributed by atoms with Gasteiger partial charge in [0.1, 0.15) is 5.69 Å². The highest BCUT2D eigenvalue weighted by atomic mass is 16.3. The summed E-state index contributed by atoms with van der Waals surface area (Å²) in [7, 11) is 1.83. The Hall–Kier alpha value is -3.45. The molecule has 1 aromatic carbocycles.